The summed E-state index contributed by atoms with van der Waals surface area (Å²) >= 11 is 7.69. The van der Waals surface area contributed by atoms with Crippen LogP contribution in [0.3, 0.4) is 0 Å². The summed E-state index contributed by atoms with van der Waals surface area (Å²) in [5.74, 6) is 0.741. The van der Waals surface area contributed by atoms with Crippen LogP contribution in [0.5, 0.6) is 0 Å². The van der Waals surface area contributed by atoms with Gasteiger partial charge in [0, 0.05) is 18.3 Å². The molecule has 0 saturated heterocycles. The van der Waals surface area contributed by atoms with E-state index in [4.69, 9.17) is 11.6 Å². The van der Waals surface area contributed by atoms with Crippen LogP contribution in [-0.2, 0) is 16.6 Å². The normalized spacial score (nSPS) is 13.3. The minimum Gasteiger partial charge on any atom is -0.313 e. The Kier molecular flexibility index (Phi) is 8.05. The predicted octanol–water partition coefficient (Wildman–Crippen LogP) is 2.87. The number of hydrogen-bond acceptors (Lipinski definition) is 4. The molecule has 0 aromatic heterocycles. The maximum absolute atomic E-state index is 12.5. The summed E-state index contributed by atoms with van der Waals surface area (Å²) in [5, 5.41) is 3.42. The summed E-state index contributed by atoms with van der Waals surface area (Å²) in [6.45, 7) is 5.42. The number of halogens is 1. The minimum atomic E-state index is -3.60. The average Bonchev–Trinajstić information content (AvgIpc) is 2.45. The molecule has 0 aliphatic heterocycles. The molecule has 0 saturated carbocycles. The van der Waals surface area contributed by atoms with E-state index in [1.807, 2.05) is 26.2 Å². The monoisotopic (exact) mass is 350 g/mol. The number of rotatable bonds is 9. The molecule has 1 rings (SSSR count). The highest BCUT2D eigenvalue weighted by Crippen LogP contribution is 2.23. The first-order chi connectivity index (χ1) is 9.94. The summed E-state index contributed by atoms with van der Waals surface area (Å²) in [6, 6.07) is 5.03. The highest BCUT2D eigenvalue weighted by Gasteiger charge is 2.21. The quantitative estimate of drug-likeness (QED) is 0.719. The molecule has 0 radical (unpaired) electrons. The van der Waals surface area contributed by atoms with Gasteiger partial charge in [0.1, 0.15) is 4.90 Å². The van der Waals surface area contributed by atoms with Gasteiger partial charge in [-0.2, -0.15) is 11.8 Å². The van der Waals surface area contributed by atoms with Crippen LogP contribution in [0.25, 0.3) is 0 Å². The molecule has 0 fully saturated rings. The predicted molar refractivity (Wildman–Crippen MR) is 91.6 cm³/mol. The molecule has 21 heavy (non-hydrogen) atoms. The van der Waals surface area contributed by atoms with Crippen LogP contribution in [0, 0.1) is 0 Å². The van der Waals surface area contributed by atoms with E-state index in [1.54, 1.807) is 23.9 Å². The fraction of sp³-hybridized carbons (Fsp3) is 0.571. The van der Waals surface area contributed by atoms with E-state index >= 15 is 0 Å². The highest BCUT2D eigenvalue weighted by molar-refractivity contribution is 7.98. The molecule has 0 aliphatic carbocycles. The van der Waals surface area contributed by atoms with Crippen LogP contribution in [-0.4, -0.2) is 33.0 Å². The maximum Gasteiger partial charge on any atom is 0.242 e. The van der Waals surface area contributed by atoms with Gasteiger partial charge >= 0.3 is 0 Å². The van der Waals surface area contributed by atoms with Crippen LogP contribution in [0.15, 0.2) is 23.1 Å². The fourth-order valence-corrected chi connectivity index (χ4v) is 4.55. The first kappa shape index (κ1) is 18.8. The molecule has 1 aromatic rings. The molecule has 4 nitrogen and oxygen atoms in total. The number of thioether (sulfide) groups is 1. The summed E-state index contributed by atoms with van der Waals surface area (Å²) in [7, 11) is -3.60. The smallest absolute Gasteiger partial charge is 0.242 e. The topological polar surface area (TPSA) is 58.2 Å². The summed E-state index contributed by atoms with van der Waals surface area (Å²) in [5.41, 5.74) is 0.902. The first-order valence-corrected chi connectivity index (χ1v) is 10.2. The van der Waals surface area contributed by atoms with E-state index in [0.29, 0.717) is 6.54 Å². The standard InChI is InChI=1S/C14H23ClN2O2S2/c1-4-12(10-20-3)17-21(18,19)14-8-11(9-16-5-2)6-7-13(14)15/h6-8,12,16-17H,4-5,9-10H2,1-3H3. The van der Waals surface area contributed by atoms with Gasteiger partial charge in [0.25, 0.3) is 0 Å². The van der Waals surface area contributed by atoms with Crippen molar-refractivity contribution in [3.05, 3.63) is 28.8 Å². The van der Waals surface area contributed by atoms with Gasteiger partial charge in [0.2, 0.25) is 10.0 Å². The van der Waals surface area contributed by atoms with Crippen molar-refractivity contribution in [1.82, 2.24) is 10.0 Å². The van der Waals surface area contributed by atoms with Gasteiger partial charge in [-0.3, -0.25) is 0 Å². The number of hydrogen-bond donors (Lipinski definition) is 2. The lowest BCUT2D eigenvalue weighted by atomic mass is 10.2. The lowest BCUT2D eigenvalue weighted by Crippen LogP contribution is -2.36. The second kappa shape index (κ2) is 9.00. The Hall–Kier alpha value is -0.270. The van der Waals surface area contributed by atoms with Crippen LogP contribution >= 0.6 is 23.4 Å². The largest absolute Gasteiger partial charge is 0.313 e. The zero-order valence-electron chi connectivity index (χ0n) is 12.6. The van der Waals surface area contributed by atoms with Gasteiger partial charge in [0.15, 0.2) is 0 Å². The van der Waals surface area contributed by atoms with Gasteiger partial charge in [0.05, 0.1) is 5.02 Å². The molecule has 120 valence electrons. The van der Waals surface area contributed by atoms with Crippen molar-refractivity contribution in [3.8, 4) is 0 Å². The second-order valence-corrected chi connectivity index (χ2v) is 7.73. The molecule has 1 atom stereocenters. The Morgan fingerprint density at radius 1 is 1.33 bits per heavy atom. The molecule has 0 aliphatic rings. The molecule has 1 aromatic carbocycles. The van der Waals surface area contributed by atoms with E-state index < -0.39 is 10.0 Å². The Labute approximate surface area is 137 Å². The van der Waals surface area contributed by atoms with Crippen molar-refractivity contribution in [2.24, 2.45) is 0 Å². The van der Waals surface area contributed by atoms with Gasteiger partial charge in [-0.05, 0) is 36.9 Å². The first-order valence-electron chi connectivity index (χ1n) is 6.95. The molecule has 7 heteroatoms. The van der Waals surface area contributed by atoms with Crippen molar-refractivity contribution in [2.75, 3.05) is 18.6 Å². The van der Waals surface area contributed by atoms with Crippen molar-refractivity contribution >= 4 is 33.4 Å². The fourth-order valence-electron chi connectivity index (χ4n) is 1.85. The van der Waals surface area contributed by atoms with E-state index in [1.165, 1.54) is 0 Å². The molecule has 0 amide bonds. The Morgan fingerprint density at radius 3 is 2.62 bits per heavy atom. The molecule has 0 bridgehead atoms. The molecule has 2 N–H and O–H groups in total. The third-order valence-electron chi connectivity index (χ3n) is 3.05. The van der Waals surface area contributed by atoms with E-state index in [0.717, 1.165) is 24.3 Å². The zero-order chi connectivity index (χ0) is 15.9. The Morgan fingerprint density at radius 2 is 2.05 bits per heavy atom. The average molecular weight is 351 g/mol. The number of nitrogens with one attached hydrogen (secondary N) is 2. The molecule has 0 spiro atoms. The van der Waals surface area contributed by atoms with Crippen molar-refractivity contribution in [1.29, 1.82) is 0 Å². The summed E-state index contributed by atoms with van der Waals surface area (Å²) in [6.07, 6.45) is 2.70. The molecule has 0 heterocycles. The molecule has 1 unspecified atom stereocenters. The zero-order valence-corrected chi connectivity index (χ0v) is 15.0. The van der Waals surface area contributed by atoms with Crippen LogP contribution in [0.1, 0.15) is 25.8 Å². The molecular formula is C14H23ClN2O2S2. The van der Waals surface area contributed by atoms with E-state index in [2.05, 4.69) is 10.0 Å². The van der Waals surface area contributed by atoms with Crippen molar-refractivity contribution < 1.29 is 8.42 Å². The van der Waals surface area contributed by atoms with Gasteiger partial charge in [-0.15, -0.1) is 0 Å². The highest BCUT2D eigenvalue weighted by atomic mass is 35.5. The van der Waals surface area contributed by atoms with Crippen LogP contribution < -0.4 is 10.0 Å². The Bertz CT molecular complexity index is 550. The van der Waals surface area contributed by atoms with Crippen LogP contribution in [0.4, 0.5) is 0 Å². The number of sulfonamides is 1. The lowest BCUT2D eigenvalue weighted by Gasteiger charge is -2.17. The third kappa shape index (κ3) is 5.79. The Balaban J connectivity index is 3.00. The lowest BCUT2D eigenvalue weighted by molar-refractivity contribution is 0.558. The van der Waals surface area contributed by atoms with Crippen molar-refractivity contribution in [3.63, 3.8) is 0 Å². The van der Waals surface area contributed by atoms with E-state index in [9.17, 15) is 8.42 Å². The van der Waals surface area contributed by atoms with Crippen molar-refractivity contribution in [2.45, 2.75) is 37.8 Å². The molecular weight excluding hydrogens is 328 g/mol. The summed E-state index contributed by atoms with van der Waals surface area (Å²) in [4.78, 5) is 0.152. The third-order valence-corrected chi connectivity index (χ3v) is 5.78. The van der Waals surface area contributed by atoms with Gasteiger partial charge < -0.3 is 5.32 Å². The van der Waals surface area contributed by atoms with Crippen LogP contribution in [0.2, 0.25) is 5.02 Å². The van der Waals surface area contributed by atoms with E-state index in [-0.39, 0.29) is 16.0 Å². The summed E-state index contributed by atoms with van der Waals surface area (Å²) < 4.78 is 27.7. The van der Waals surface area contributed by atoms with Gasteiger partial charge in [-0.25, -0.2) is 13.1 Å². The SMILES string of the molecule is CCNCc1ccc(Cl)c(S(=O)(=O)NC(CC)CSC)c1. The van der Waals surface area contributed by atoms with Gasteiger partial charge in [-0.1, -0.05) is 31.5 Å². The number of benzene rings is 1. The second-order valence-electron chi connectivity index (χ2n) is 4.73. The maximum atomic E-state index is 12.5. The minimum absolute atomic E-state index is 0.0847.